The lowest BCUT2D eigenvalue weighted by atomic mass is 10.1. The number of carbonyl (C=O) groups excluding carboxylic acids is 1. The summed E-state index contributed by atoms with van der Waals surface area (Å²) in [5.41, 5.74) is 0. The van der Waals surface area contributed by atoms with Crippen LogP contribution in [0, 0.1) is 11.5 Å². The van der Waals surface area contributed by atoms with Gasteiger partial charge in [0, 0.05) is 0 Å². The van der Waals surface area contributed by atoms with E-state index in [1.54, 1.807) is 25.2 Å². The molecule has 0 fully saturated rings. The van der Waals surface area contributed by atoms with Crippen molar-refractivity contribution < 1.29 is 9.53 Å². The van der Waals surface area contributed by atoms with E-state index >= 15 is 0 Å². The fourth-order valence-corrected chi connectivity index (χ4v) is 1.62. The molecule has 1 aromatic rings. The summed E-state index contributed by atoms with van der Waals surface area (Å²) in [5.74, 6) is 0.443. The number of guanidine groups is 1. The highest BCUT2D eigenvalue weighted by molar-refractivity contribution is 6.02. The smallest absolute Gasteiger partial charge is 0.270 e. The van der Waals surface area contributed by atoms with E-state index in [0.717, 1.165) is 0 Å². The fraction of sp³-hybridized carbons (Fsp3) is 0.250. The van der Waals surface area contributed by atoms with Crippen LogP contribution in [-0.4, -0.2) is 24.0 Å². The first-order valence-electron chi connectivity index (χ1n) is 5.46. The minimum Gasteiger partial charge on any atom is -0.478 e. The van der Waals surface area contributed by atoms with Crippen LogP contribution in [0.25, 0.3) is 0 Å². The molecular weight excluding hydrogens is 232 g/mol. The Balaban J connectivity index is 2.11. The molecule has 1 amide bonds. The Morgan fingerprint density at radius 1 is 1.44 bits per heavy atom. The Morgan fingerprint density at radius 3 is 2.78 bits per heavy atom. The van der Waals surface area contributed by atoms with Crippen molar-refractivity contribution >= 4 is 11.9 Å². The molecule has 0 radical (unpaired) electrons. The number of amides is 1. The minimum absolute atomic E-state index is 0.155. The molecular formula is C12H12N4O2. The van der Waals surface area contributed by atoms with E-state index in [1.165, 1.54) is 0 Å². The average Bonchev–Trinajstić information content (AvgIpc) is 2.36. The summed E-state index contributed by atoms with van der Waals surface area (Å²) in [6.07, 6.45) is 1.01. The summed E-state index contributed by atoms with van der Waals surface area (Å²) in [6, 6.07) is 8.69. The van der Waals surface area contributed by atoms with E-state index in [9.17, 15) is 4.79 Å². The number of rotatable bonds is 2. The second kappa shape index (κ2) is 5.19. The topological polar surface area (TPSA) is 86.5 Å². The summed E-state index contributed by atoms with van der Waals surface area (Å²) < 4.78 is 5.58. The number of nitrogens with one attached hydrogen (secondary N) is 2. The fourth-order valence-electron chi connectivity index (χ4n) is 1.62. The van der Waals surface area contributed by atoms with Crippen molar-refractivity contribution in [3.63, 3.8) is 0 Å². The van der Waals surface area contributed by atoms with Crippen molar-refractivity contribution in [3.05, 3.63) is 30.3 Å². The van der Waals surface area contributed by atoms with Crippen LogP contribution in [0.15, 0.2) is 35.3 Å². The lowest BCUT2D eigenvalue weighted by Gasteiger charge is -2.26. The zero-order valence-corrected chi connectivity index (χ0v) is 9.75. The van der Waals surface area contributed by atoms with Gasteiger partial charge in [0.2, 0.25) is 5.96 Å². The number of benzene rings is 1. The number of aliphatic imine (C=N–C) groups is 1. The number of carbonyl (C=O) groups is 1. The summed E-state index contributed by atoms with van der Waals surface area (Å²) >= 11 is 0. The molecule has 0 spiro atoms. The molecule has 0 aromatic heterocycles. The maximum Gasteiger partial charge on any atom is 0.270 e. The number of ether oxygens (including phenoxy) is 1. The van der Waals surface area contributed by atoms with Crippen molar-refractivity contribution in [2.45, 2.75) is 19.1 Å². The first-order chi connectivity index (χ1) is 8.70. The Hall–Kier alpha value is -2.55. The molecule has 0 aliphatic carbocycles. The van der Waals surface area contributed by atoms with Gasteiger partial charge < -0.3 is 4.74 Å². The second-order valence-corrected chi connectivity index (χ2v) is 3.80. The van der Waals surface area contributed by atoms with E-state index in [-0.39, 0.29) is 17.9 Å². The monoisotopic (exact) mass is 244 g/mol. The predicted molar refractivity (Wildman–Crippen MR) is 64.6 cm³/mol. The summed E-state index contributed by atoms with van der Waals surface area (Å²) in [6.45, 7) is 1.76. The Bertz CT molecular complexity index is 507. The van der Waals surface area contributed by atoms with Gasteiger partial charge in [-0.3, -0.25) is 15.4 Å². The van der Waals surface area contributed by atoms with Crippen LogP contribution in [0.1, 0.15) is 6.92 Å². The van der Waals surface area contributed by atoms with Gasteiger partial charge in [-0.2, -0.15) is 5.26 Å². The highest BCUT2D eigenvalue weighted by Crippen LogP contribution is 2.15. The molecule has 6 nitrogen and oxygen atoms in total. The molecule has 0 saturated heterocycles. The van der Waals surface area contributed by atoms with E-state index in [2.05, 4.69) is 15.6 Å². The molecule has 2 unspecified atom stereocenters. The second-order valence-electron chi connectivity index (χ2n) is 3.80. The maximum absolute atomic E-state index is 11.8. The highest BCUT2D eigenvalue weighted by atomic mass is 16.5. The standard InChI is InChI=1S/C12H12N4O2/c1-8-10(18-9-5-3-2-4-6-9)11(17)16-12(15-8)14-7-13/h2-6,8,10H,1H3,(H2,14,15,16,17). The van der Waals surface area contributed by atoms with Crippen LogP contribution >= 0.6 is 0 Å². The van der Waals surface area contributed by atoms with Gasteiger partial charge in [0.05, 0.1) is 6.04 Å². The number of hydrogen-bond donors (Lipinski definition) is 2. The third kappa shape index (κ3) is 2.58. The van der Waals surface area contributed by atoms with Crippen LogP contribution in [0.5, 0.6) is 5.75 Å². The lowest BCUT2D eigenvalue weighted by molar-refractivity contribution is -0.127. The number of nitrogens with zero attached hydrogens (tertiary/aromatic N) is 2. The average molecular weight is 244 g/mol. The third-order valence-corrected chi connectivity index (χ3v) is 2.45. The SMILES string of the molecule is CC1N=C(NC#N)NC(=O)C1Oc1ccccc1. The molecule has 2 N–H and O–H groups in total. The zero-order valence-electron chi connectivity index (χ0n) is 9.75. The summed E-state index contributed by atoms with van der Waals surface area (Å²) in [5, 5.41) is 13.2. The molecule has 1 aliphatic heterocycles. The Labute approximate surface area is 104 Å². The number of hydrogen-bond acceptors (Lipinski definition) is 5. The van der Waals surface area contributed by atoms with Crippen molar-refractivity contribution in [2.24, 2.45) is 4.99 Å². The van der Waals surface area contributed by atoms with Gasteiger partial charge in [-0.15, -0.1) is 0 Å². The van der Waals surface area contributed by atoms with Gasteiger partial charge in [-0.25, -0.2) is 4.99 Å². The molecule has 0 saturated carbocycles. The van der Waals surface area contributed by atoms with Crippen molar-refractivity contribution in [1.29, 1.82) is 5.26 Å². The molecule has 1 heterocycles. The van der Waals surface area contributed by atoms with Crippen LogP contribution < -0.4 is 15.4 Å². The van der Waals surface area contributed by atoms with Gasteiger partial charge in [0.15, 0.2) is 12.3 Å². The molecule has 1 aromatic carbocycles. The van der Waals surface area contributed by atoms with E-state index in [4.69, 9.17) is 10.00 Å². The first-order valence-corrected chi connectivity index (χ1v) is 5.46. The van der Waals surface area contributed by atoms with Crippen LogP contribution in [0.2, 0.25) is 0 Å². The largest absolute Gasteiger partial charge is 0.478 e. The van der Waals surface area contributed by atoms with Crippen LogP contribution in [-0.2, 0) is 4.79 Å². The molecule has 2 atom stereocenters. The summed E-state index contributed by atoms with van der Waals surface area (Å²) in [7, 11) is 0. The van der Waals surface area contributed by atoms with Gasteiger partial charge >= 0.3 is 0 Å². The molecule has 18 heavy (non-hydrogen) atoms. The van der Waals surface area contributed by atoms with E-state index < -0.39 is 6.10 Å². The predicted octanol–water partition coefficient (Wildman–Crippen LogP) is 0.379. The normalized spacial score (nSPS) is 22.4. The van der Waals surface area contributed by atoms with Crippen molar-refractivity contribution in [1.82, 2.24) is 10.6 Å². The molecule has 1 aliphatic rings. The molecule has 2 rings (SSSR count). The zero-order chi connectivity index (χ0) is 13.0. The number of para-hydroxylation sites is 1. The Kier molecular flexibility index (Phi) is 3.44. The third-order valence-electron chi connectivity index (χ3n) is 2.45. The maximum atomic E-state index is 11.8. The van der Waals surface area contributed by atoms with Crippen LogP contribution in [0.3, 0.4) is 0 Å². The molecule has 0 bridgehead atoms. The first kappa shape index (κ1) is 11.9. The lowest BCUT2D eigenvalue weighted by Crippen LogP contribution is -2.54. The van der Waals surface area contributed by atoms with Gasteiger partial charge in [-0.1, -0.05) is 18.2 Å². The van der Waals surface area contributed by atoms with E-state index in [1.807, 2.05) is 18.2 Å². The van der Waals surface area contributed by atoms with Gasteiger partial charge in [0.1, 0.15) is 5.75 Å². The van der Waals surface area contributed by atoms with Gasteiger partial charge in [0.25, 0.3) is 5.91 Å². The highest BCUT2D eigenvalue weighted by Gasteiger charge is 2.32. The van der Waals surface area contributed by atoms with E-state index in [0.29, 0.717) is 5.75 Å². The molecule has 6 heteroatoms. The number of nitriles is 1. The Morgan fingerprint density at radius 2 is 2.17 bits per heavy atom. The quantitative estimate of drug-likeness (QED) is 0.581. The van der Waals surface area contributed by atoms with Crippen molar-refractivity contribution in [2.75, 3.05) is 0 Å². The summed E-state index contributed by atoms with van der Waals surface area (Å²) in [4.78, 5) is 16.0. The van der Waals surface area contributed by atoms with Crippen molar-refractivity contribution in [3.8, 4) is 11.9 Å². The minimum atomic E-state index is -0.698. The van der Waals surface area contributed by atoms with Gasteiger partial charge in [-0.05, 0) is 19.1 Å². The van der Waals surface area contributed by atoms with Crippen LogP contribution in [0.4, 0.5) is 0 Å². The molecule has 92 valence electrons.